The van der Waals surface area contributed by atoms with E-state index in [-0.39, 0.29) is 5.91 Å². The number of carbonyl (C=O) groups excluding carboxylic acids is 1. The van der Waals surface area contributed by atoms with E-state index in [9.17, 15) is 9.90 Å². The molecule has 33 heavy (non-hydrogen) atoms. The number of aliphatic hydroxyl groups is 1. The van der Waals surface area contributed by atoms with Crippen molar-refractivity contribution in [2.45, 2.75) is 38.0 Å². The molecule has 1 aliphatic carbocycles. The topological polar surface area (TPSA) is 89.3 Å². The van der Waals surface area contributed by atoms with Crippen molar-refractivity contribution in [1.29, 1.82) is 0 Å². The number of carbonyl (C=O) groups is 1. The molecule has 2 atom stereocenters. The van der Waals surface area contributed by atoms with E-state index in [1.165, 1.54) is 23.7 Å². The van der Waals surface area contributed by atoms with Crippen LogP contribution in [0.4, 0.5) is 0 Å². The lowest BCUT2D eigenvalue weighted by atomic mass is 10.0. The molecule has 0 bridgehead atoms. The average molecular weight is 444 g/mol. The Labute approximate surface area is 192 Å². The number of aryl methyl sites for hydroxylation is 1. The third-order valence-electron chi connectivity index (χ3n) is 7.21. The second-order valence-corrected chi connectivity index (χ2v) is 9.61. The zero-order chi connectivity index (χ0) is 22.7. The fourth-order valence-corrected chi connectivity index (χ4v) is 5.05. The molecule has 2 aromatic carbocycles. The summed E-state index contributed by atoms with van der Waals surface area (Å²) in [5.41, 5.74) is 10.8. The minimum atomic E-state index is -0.544. The molecule has 0 unspecified atom stereocenters. The minimum absolute atomic E-state index is 0.0608. The van der Waals surface area contributed by atoms with Gasteiger partial charge >= 0.3 is 0 Å². The van der Waals surface area contributed by atoms with Crippen LogP contribution in [0.1, 0.15) is 29.6 Å². The summed E-state index contributed by atoms with van der Waals surface area (Å²) in [5, 5.41) is 11.1. The second-order valence-electron chi connectivity index (χ2n) is 9.61. The molecule has 2 aromatic heterocycles. The van der Waals surface area contributed by atoms with Gasteiger partial charge in [-0.2, -0.15) is 0 Å². The Morgan fingerprint density at radius 2 is 1.94 bits per heavy atom. The monoisotopic (exact) mass is 443 g/mol. The largest absolute Gasteiger partial charge is 0.391 e. The highest BCUT2D eigenvalue weighted by Gasteiger charge is 2.29. The van der Waals surface area contributed by atoms with E-state index in [1.807, 2.05) is 25.2 Å². The van der Waals surface area contributed by atoms with Crippen molar-refractivity contribution in [1.82, 2.24) is 19.0 Å². The number of amides is 1. The molecular weight excluding hydrogens is 414 g/mol. The molecule has 6 rings (SSSR count). The number of benzene rings is 2. The second kappa shape index (κ2) is 7.71. The maximum atomic E-state index is 13.1. The van der Waals surface area contributed by atoms with Crippen LogP contribution in [0.5, 0.6) is 0 Å². The molecule has 1 saturated heterocycles. The molecule has 2 aliphatic rings. The summed E-state index contributed by atoms with van der Waals surface area (Å²) in [6, 6.07) is 16.1. The van der Waals surface area contributed by atoms with Gasteiger partial charge in [0.15, 0.2) is 5.82 Å². The molecule has 170 valence electrons. The molecule has 7 nitrogen and oxygen atoms in total. The van der Waals surface area contributed by atoms with Gasteiger partial charge in [0.2, 0.25) is 0 Å². The van der Waals surface area contributed by atoms with Crippen LogP contribution in [0.3, 0.4) is 0 Å². The molecule has 4 aromatic rings. The summed E-state index contributed by atoms with van der Waals surface area (Å²) < 4.78 is 4.52. The van der Waals surface area contributed by atoms with Crippen LogP contribution >= 0.6 is 0 Å². The van der Waals surface area contributed by atoms with Crippen molar-refractivity contribution in [3.05, 3.63) is 54.1 Å². The maximum Gasteiger partial charge on any atom is 0.253 e. The molecule has 7 heteroatoms. The van der Waals surface area contributed by atoms with Gasteiger partial charge in [-0.1, -0.05) is 18.2 Å². The quantitative estimate of drug-likeness (QED) is 0.507. The van der Waals surface area contributed by atoms with Gasteiger partial charge in [0.05, 0.1) is 22.8 Å². The smallest absolute Gasteiger partial charge is 0.253 e. The van der Waals surface area contributed by atoms with Gasteiger partial charge in [-0.3, -0.25) is 4.79 Å². The fraction of sp³-hybridized carbons (Fsp3) is 0.385. The first-order valence-corrected chi connectivity index (χ1v) is 11.8. The third kappa shape index (κ3) is 3.52. The highest BCUT2D eigenvalue weighted by atomic mass is 16.3. The van der Waals surface area contributed by atoms with Crippen molar-refractivity contribution >= 4 is 27.8 Å². The Kier molecular flexibility index (Phi) is 4.78. The lowest BCUT2D eigenvalue weighted by molar-refractivity contribution is 0.0459. The number of aromatic nitrogens is 3. The summed E-state index contributed by atoms with van der Waals surface area (Å²) in [5.74, 6) is 1.59. The normalized spacial score (nSPS) is 21.2. The standard InChI is InChI=1S/C26H29N5O2/c1-29-22-9-8-18(26(33)30-11-10-24(32)19(27)15-30)12-20(22)28-25(29)23-13-17-4-2-3-5-21(17)31(23)14-16-6-7-16/h2-5,8-9,12-13,16,19,24,32H,6-7,10-11,14-15,27H2,1H3/t19-,24+/m0/s1. The number of nitrogens with zero attached hydrogens (tertiary/aromatic N) is 4. The Morgan fingerprint density at radius 1 is 1.12 bits per heavy atom. The molecule has 3 heterocycles. The van der Waals surface area contributed by atoms with Gasteiger partial charge in [0.1, 0.15) is 0 Å². The van der Waals surface area contributed by atoms with E-state index in [1.54, 1.807) is 4.90 Å². The lowest BCUT2D eigenvalue weighted by Gasteiger charge is -2.34. The number of rotatable bonds is 4. The number of hydrogen-bond donors (Lipinski definition) is 2. The Balaban J connectivity index is 1.39. The van der Waals surface area contributed by atoms with Crippen molar-refractivity contribution in [2.75, 3.05) is 13.1 Å². The number of nitrogens with two attached hydrogens (primary N) is 1. The summed E-state index contributed by atoms with van der Waals surface area (Å²) in [7, 11) is 2.04. The highest BCUT2D eigenvalue weighted by molar-refractivity contribution is 5.98. The predicted octanol–water partition coefficient (Wildman–Crippen LogP) is 3.14. The summed E-state index contributed by atoms with van der Waals surface area (Å²) in [6.07, 6.45) is 2.54. The zero-order valence-electron chi connectivity index (χ0n) is 18.8. The highest BCUT2D eigenvalue weighted by Crippen LogP contribution is 2.36. The Morgan fingerprint density at radius 3 is 2.73 bits per heavy atom. The summed E-state index contributed by atoms with van der Waals surface area (Å²) >= 11 is 0. The maximum absolute atomic E-state index is 13.1. The van der Waals surface area contributed by atoms with Gasteiger partial charge in [0.25, 0.3) is 5.91 Å². The van der Waals surface area contributed by atoms with Crippen LogP contribution in [0.25, 0.3) is 33.5 Å². The van der Waals surface area contributed by atoms with Gasteiger partial charge in [-0.15, -0.1) is 0 Å². The van der Waals surface area contributed by atoms with E-state index in [2.05, 4.69) is 39.5 Å². The molecule has 3 N–H and O–H groups in total. The summed E-state index contributed by atoms with van der Waals surface area (Å²) in [4.78, 5) is 19.8. The fourth-order valence-electron chi connectivity index (χ4n) is 5.05. The lowest BCUT2D eigenvalue weighted by Crippen LogP contribution is -2.53. The molecule has 2 fully saturated rings. The molecule has 0 radical (unpaired) electrons. The Bertz CT molecular complexity index is 1370. The van der Waals surface area contributed by atoms with Gasteiger partial charge in [0, 0.05) is 49.2 Å². The Hall–Kier alpha value is -3.16. The van der Waals surface area contributed by atoms with Crippen molar-refractivity contribution in [3.63, 3.8) is 0 Å². The van der Waals surface area contributed by atoms with E-state index in [4.69, 9.17) is 10.7 Å². The summed E-state index contributed by atoms with van der Waals surface area (Å²) in [6.45, 7) is 1.89. The molecule has 1 saturated carbocycles. The van der Waals surface area contributed by atoms with E-state index in [0.29, 0.717) is 25.1 Å². The van der Waals surface area contributed by atoms with E-state index in [0.717, 1.165) is 35.0 Å². The first-order chi connectivity index (χ1) is 16.0. The average Bonchev–Trinajstić information content (AvgIpc) is 3.49. The van der Waals surface area contributed by atoms with Crippen molar-refractivity contribution in [3.8, 4) is 11.5 Å². The van der Waals surface area contributed by atoms with E-state index < -0.39 is 12.1 Å². The van der Waals surface area contributed by atoms with Gasteiger partial charge in [-0.25, -0.2) is 4.98 Å². The predicted molar refractivity (Wildman–Crippen MR) is 129 cm³/mol. The number of hydrogen-bond acceptors (Lipinski definition) is 4. The first kappa shape index (κ1) is 20.4. The number of para-hydroxylation sites is 1. The molecule has 1 aliphatic heterocycles. The van der Waals surface area contributed by atoms with Gasteiger partial charge in [-0.05, 0) is 55.5 Å². The number of fused-ring (bicyclic) bond motifs is 2. The molecule has 0 spiro atoms. The molecule has 1 amide bonds. The number of likely N-dealkylation sites (tertiary alicyclic amines) is 1. The minimum Gasteiger partial charge on any atom is -0.391 e. The van der Waals surface area contributed by atoms with Crippen LogP contribution in [0.15, 0.2) is 48.5 Å². The van der Waals surface area contributed by atoms with Crippen molar-refractivity contribution in [2.24, 2.45) is 18.7 Å². The van der Waals surface area contributed by atoms with Crippen LogP contribution < -0.4 is 5.73 Å². The first-order valence-electron chi connectivity index (χ1n) is 11.8. The molecular formula is C26H29N5O2. The van der Waals surface area contributed by atoms with Crippen LogP contribution in [0.2, 0.25) is 0 Å². The van der Waals surface area contributed by atoms with Crippen LogP contribution in [-0.2, 0) is 13.6 Å². The van der Waals surface area contributed by atoms with Gasteiger partial charge < -0.3 is 24.9 Å². The van der Waals surface area contributed by atoms with Crippen molar-refractivity contribution < 1.29 is 9.90 Å². The third-order valence-corrected chi connectivity index (χ3v) is 7.21. The van der Waals surface area contributed by atoms with Crippen LogP contribution in [0, 0.1) is 5.92 Å². The number of imidazole rings is 1. The zero-order valence-corrected chi connectivity index (χ0v) is 18.8. The SMILES string of the molecule is Cn1c(-c2cc3ccccc3n2CC2CC2)nc2cc(C(=O)N3CC[C@@H](O)[C@@H](N)C3)ccc21. The van der Waals surface area contributed by atoms with Crippen LogP contribution in [-0.4, -0.2) is 55.3 Å². The number of piperidine rings is 1. The number of aliphatic hydroxyl groups excluding tert-OH is 1. The van der Waals surface area contributed by atoms with E-state index >= 15 is 0 Å².